The number of unbranched alkanes of at least 4 members (excludes halogenated alkanes) is 4. The van der Waals surface area contributed by atoms with Gasteiger partial charge in [-0.15, -0.1) is 0 Å². The highest BCUT2D eigenvalue weighted by Crippen LogP contribution is 2.20. The molecule has 0 aromatic carbocycles. The van der Waals surface area contributed by atoms with Gasteiger partial charge in [0, 0.05) is 61.8 Å². The molecule has 0 aliphatic heterocycles. The number of allylic oxidation sites excluding steroid dienone is 4. The predicted molar refractivity (Wildman–Crippen MR) is 168 cm³/mol. The number of nitrogens with one attached hydrogen (secondary N) is 2. The molecule has 216 valence electrons. The Labute approximate surface area is 234 Å². The first-order chi connectivity index (χ1) is 18.4. The lowest BCUT2D eigenvalue weighted by Gasteiger charge is -2.19. The van der Waals surface area contributed by atoms with Crippen molar-refractivity contribution in [2.45, 2.75) is 113 Å². The van der Waals surface area contributed by atoms with Gasteiger partial charge in [0.2, 0.25) is 6.41 Å². The van der Waals surface area contributed by atoms with Gasteiger partial charge in [0.15, 0.2) is 0 Å². The van der Waals surface area contributed by atoms with Gasteiger partial charge >= 0.3 is 0 Å². The number of hydrogen-bond donors (Lipinski definition) is 2. The first-order valence-electron chi connectivity index (χ1n) is 14.6. The van der Waals surface area contributed by atoms with Crippen LogP contribution < -0.4 is 10.6 Å². The van der Waals surface area contributed by atoms with Crippen molar-refractivity contribution in [3.63, 3.8) is 0 Å². The van der Waals surface area contributed by atoms with Crippen LogP contribution in [0.4, 0.5) is 0 Å². The van der Waals surface area contributed by atoms with E-state index in [1.165, 1.54) is 38.5 Å². The van der Waals surface area contributed by atoms with Crippen molar-refractivity contribution in [1.82, 2.24) is 15.6 Å². The highest BCUT2D eigenvalue weighted by Gasteiger charge is 2.15. The first kappa shape index (κ1) is 37.4. The van der Waals surface area contributed by atoms with Crippen LogP contribution in [-0.2, 0) is 11.3 Å². The first-order valence-corrected chi connectivity index (χ1v) is 14.6. The predicted octanol–water partition coefficient (Wildman–Crippen LogP) is 8.07. The van der Waals surface area contributed by atoms with E-state index in [4.69, 9.17) is 4.99 Å². The molecular formula is C32H57N5O. The molecule has 0 spiro atoms. The summed E-state index contributed by atoms with van der Waals surface area (Å²) in [5.74, 6) is 0.274. The van der Waals surface area contributed by atoms with Crippen molar-refractivity contribution in [3.05, 3.63) is 53.1 Å². The summed E-state index contributed by atoms with van der Waals surface area (Å²) in [6.45, 7) is 18.0. The fourth-order valence-electron chi connectivity index (χ4n) is 3.58. The van der Waals surface area contributed by atoms with Crippen LogP contribution in [0.1, 0.15) is 112 Å². The van der Waals surface area contributed by atoms with E-state index in [0.717, 1.165) is 47.5 Å². The Morgan fingerprint density at radius 2 is 1.74 bits per heavy atom. The maximum atomic E-state index is 10.8. The van der Waals surface area contributed by atoms with Crippen molar-refractivity contribution in [1.29, 1.82) is 0 Å². The molecule has 0 bridgehead atoms. The number of hydrogen-bond acceptors (Lipinski definition) is 5. The van der Waals surface area contributed by atoms with Gasteiger partial charge < -0.3 is 10.6 Å². The molecule has 0 aliphatic rings. The third-order valence-electron chi connectivity index (χ3n) is 5.64. The molecule has 1 amide bonds. The van der Waals surface area contributed by atoms with Gasteiger partial charge in [0.1, 0.15) is 0 Å². The summed E-state index contributed by atoms with van der Waals surface area (Å²) >= 11 is 0. The second-order valence-corrected chi connectivity index (χ2v) is 9.20. The number of amides is 1. The second kappa shape index (κ2) is 27.3. The molecule has 0 fully saturated rings. The van der Waals surface area contributed by atoms with Crippen LogP contribution in [0.5, 0.6) is 0 Å². The Balaban J connectivity index is 0. The second-order valence-electron chi connectivity index (χ2n) is 9.20. The van der Waals surface area contributed by atoms with E-state index >= 15 is 0 Å². The third kappa shape index (κ3) is 20.3. The zero-order valence-electron chi connectivity index (χ0n) is 25.9. The Hall–Kier alpha value is -2.76. The smallest absolute Gasteiger partial charge is 0.207 e. The number of carbonyl (C=O) groups is 1. The minimum Gasteiger partial charge on any atom is -0.384 e. The van der Waals surface area contributed by atoms with Crippen molar-refractivity contribution >= 4 is 18.3 Å². The average Bonchev–Trinajstić information content (AvgIpc) is 2.92. The zero-order valence-corrected chi connectivity index (χ0v) is 25.9. The Bertz CT molecular complexity index is 812. The summed E-state index contributed by atoms with van der Waals surface area (Å²) < 4.78 is 0. The van der Waals surface area contributed by atoms with Crippen LogP contribution in [0, 0.1) is 5.92 Å². The van der Waals surface area contributed by atoms with E-state index in [2.05, 4.69) is 60.4 Å². The van der Waals surface area contributed by atoms with E-state index in [1.807, 2.05) is 46.2 Å². The van der Waals surface area contributed by atoms with E-state index in [1.54, 1.807) is 13.2 Å². The molecular weight excluding hydrogens is 470 g/mol. The fraction of sp³-hybridized carbons (Fsp3) is 0.625. The summed E-state index contributed by atoms with van der Waals surface area (Å²) in [7, 11) is 1.78. The molecule has 1 aromatic heterocycles. The summed E-state index contributed by atoms with van der Waals surface area (Å²) in [6.07, 6.45) is 17.8. The van der Waals surface area contributed by atoms with E-state index in [-0.39, 0.29) is 5.92 Å². The van der Waals surface area contributed by atoms with Crippen molar-refractivity contribution in [2.24, 2.45) is 15.9 Å². The molecule has 0 aliphatic carbocycles. The van der Waals surface area contributed by atoms with Gasteiger partial charge in [-0.25, -0.2) is 0 Å². The van der Waals surface area contributed by atoms with Gasteiger partial charge in [-0.2, -0.15) is 0 Å². The van der Waals surface area contributed by atoms with E-state index < -0.39 is 0 Å². The van der Waals surface area contributed by atoms with Gasteiger partial charge in [-0.3, -0.25) is 19.8 Å². The van der Waals surface area contributed by atoms with Gasteiger partial charge in [0.05, 0.1) is 0 Å². The SMILES string of the molecule is CC.CCC.CCCCCCCC(CCNC=O)C(/C=C(\C)NCc1cccnc1)=N/C(C)=C(\C)C=NC. The molecule has 0 radical (unpaired) electrons. The minimum absolute atomic E-state index is 0.274. The monoisotopic (exact) mass is 527 g/mol. The molecule has 6 nitrogen and oxygen atoms in total. The van der Waals surface area contributed by atoms with Crippen LogP contribution in [0.25, 0.3) is 0 Å². The van der Waals surface area contributed by atoms with Crippen LogP contribution >= 0.6 is 0 Å². The van der Waals surface area contributed by atoms with E-state index in [0.29, 0.717) is 13.1 Å². The number of aliphatic imine (C=N–C) groups is 2. The minimum atomic E-state index is 0.274. The topological polar surface area (TPSA) is 78.7 Å². The van der Waals surface area contributed by atoms with Gasteiger partial charge in [-0.1, -0.05) is 79.2 Å². The van der Waals surface area contributed by atoms with Gasteiger partial charge in [0.25, 0.3) is 0 Å². The Morgan fingerprint density at radius 1 is 1.05 bits per heavy atom. The largest absolute Gasteiger partial charge is 0.384 e. The molecule has 38 heavy (non-hydrogen) atoms. The van der Waals surface area contributed by atoms with Crippen LogP contribution in [0.2, 0.25) is 0 Å². The molecule has 2 N–H and O–H groups in total. The van der Waals surface area contributed by atoms with Crippen LogP contribution in [-0.4, -0.2) is 36.9 Å². The molecule has 0 saturated carbocycles. The highest BCUT2D eigenvalue weighted by atomic mass is 16.1. The Kier molecular flexibility index (Phi) is 26.8. The molecule has 1 rings (SSSR count). The van der Waals surface area contributed by atoms with Crippen molar-refractivity contribution in [3.8, 4) is 0 Å². The standard InChI is InChI=1S/C27H43N5O.C3H8.C2H6/c1-6-7-8-9-10-13-26(14-16-30-21-33)27(32-24(4)22(2)18-28-5)17-23(3)31-20-25-12-11-15-29-19-25;1-3-2;1-2/h11-12,15,17-19,21,26,31H,6-10,13-14,16,20H2,1-5H3,(H,30,33);3H2,1-2H3;1-2H3/b23-17+,24-22+,28-18?,32-27+;;. The fourth-order valence-corrected chi connectivity index (χ4v) is 3.58. The number of aromatic nitrogens is 1. The third-order valence-corrected chi connectivity index (χ3v) is 5.64. The van der Waals surface area contributed by atoms with Crippen LogP contribution in [0.15, 0.2) is 57.6 Å². The van der Waals surface area contributed by atoms with Gasteiger partial charge in [-0.05, 0) is 56.9 Å². The maximum Gasteiger partial charge on any atom is 0.207 e. The maximum absolute atomic E-state index is 10.8. The lowest BCUT2D eigenvalue weighted by molar-refractivity contribution is -0.109. The molecule has 1 heterocycles. The lowest BCUT2D eigenvalue weighted by Crippen LogP contribution is -2.22. The quantitative estimate of drug-likeness (QED) is 0.122. The van der Waals surface area contributed by atoms with E-state index in [9.17, 15) is 4.79 Å². The molecule has 0 saturated heterocycles. The number of rotatable bonds is 17. The summed E-state index contributed by atoms with van der Waals surface area (Å²) in [5.41, 5.74) is 5.27. The number of nitrogens with zero attached hydrogens (tertiary/aromatic N) is 3. The number of pyridine rings is 1. The molecule has 6 heteroatoms. The normalized spacial score (nSPS) is 13.0. The Morgan fingerprint density at radius 3 is 2.32 bits per heavy atom. The summed E-state index contributed by atoms with van der Waals surface area (Å²) in [6, 6.07) is 4.01. The number of carbonyl (C=O) groups excluding carboxylic acids is 1. The summed E-state index contributed by atoms with van der Waals surface area (Å²) in [4.78, 5) is 24.2. The highest BCUT2D eigenvalue weighted by molar-refractivity contribution is 5.98. The average molecular weight is 528 g/mol. The molecule has 1 atom stereocenters. The van der Waals surface area contributed by atoms with Crippen molar-refractivity contribution in [2.75, 3.05) is 13.6 Å². The summed E-state index contributed by atoms with van der Waals surface area (Å²) in [5, 5.41) is 6.32. The van der Waals surface area contributed by atoms with Crippen LogP contribution in [0.3, 0.4) is 0 Å². The molecule has 1 aromatic rings. The molecule has 1 unspecified atom stereocenters. The zero-order chi connectivity index (χ0) is 29.0. The van der Waals surface area contributed by atoms with Crippen molar-refractivity contribution < 1.29 is 4.79 Å². The lowest BCUT2D eigenvalue weighted by atomic mass is 9.91.